The van der Waals surface area contributed by atoms with Crippen LogP contribution < -0.4 is 0 Å². The molecule has 2 heterocycles. The molecule has 0 saturated carbocycles. The Bertz CT molecular complexity index is 392. The van der Waals surface area contributed by atoms with Gasteiger partial charge in [0.15, 0.2) is 0 Å². The fraction of sp³-hybridized carbons (Fsp3) is 0.333. The van der Waals surface area contributed by atoms with E-state index >= 15 is 0 Å². The maximum absolute atomic E-state index is 11.2. The van der Waals surface area contributed by atoms with Crippen molar-refractivity contribution in [2.45, 2.75) is 13.2 Å². The van der Waals surface area contributed by atoms with E-state index in [2.05, 4.69) is 9.72 Å². The lowest BCUT2D eigenvalue weighted by molar-refractivity contribution is 0.0600. The minimum Gasteiger partial charge on any atom is -0.465 e. The lowest BCUT2D eigenvalue weighted by Gasteiger charge is -2.03. The molecule has 2 rings (SSSR count). The first-order valence-electron chi connectivity index (χ1n) is 4.06. The summed E-state index contributed by atoms with van der Waals surface area (Å²) in [7, 11) is 1.31. The molecule has 0 N–H and O–H groups in total. The predicted octanol–water partition coefficient (Wildman–Crippen LogP) is 1.55. The second-order valence-electron chi connectivity index (χ2n) is 2.92. The third kappa shape index (κ3) is 1.47. The molecule has 14 heavy (non-hydrogen) atoms. The van der Waals surface area contributed by atoms with Crippen LogP contribution in [0.1, 0.15) is 21.6 Å². The minimum atomic E-state index is -0.475. The Morgan fingerprint density at radius 3 is 3.14 bits per heavy atom. The van der Waals surface area contributed by atoms with Crippen molar-refractivity contribution in [1.29, 1.82) is 0 Å². The molecule has 5 heteroatoms. The molecule has 0 unspecified atom stereocenters. The number of fused-ring (bicyclic) bond motifs is 1. The number of methoxy groups -OCH3 is 1. The topological polar surface area (TPSA) is 48.4 Å². The highest BCUT2D eigenvalue weighted by molar-refractivity contribution is 6.32. The van der Waals surface area contributed by atoms with E-state index in [4.69, 9.17) is 16.3 Å². The number of nitrogens with zero attached hydrogens (tertiary/aromatic N) is 1. The summed E-state index contributed by atoms with van der Waals surface area (Å²) in [4.78, 5) is 15.3. The molecule has 0 aromatic carbocycles. The van der Waals surface area contributed by atoms with Crippen molar-refractivity contribution in [3.05, 3.63) is 28.0 Å². The molecular formula is C9H8ClNO3. The maximum atomic E-state index is 11.2. The van der Waals surface area contributed by atoms with Gasteiger partial charge in [-0.05, 0) is 6.07 Å². The van der Waals surface area contributed by atoms with Crippen LogP contribution in [0.4, 0.5) is 0 Å². The number of pyridine rings is 1. The number of hydrogen-bond acceptors (Lipinski definition) is 4. The van der Waals surface area contributed by atoms with E-state index in [1.807, 2.05) is 0 Å². The van der Waals surface area contributed by atoms with E-state index < -0.39 is 5.97 Å². The quantitative estimate of drug-likeness (QED) is 0.525. The summed E-state index contributed by atoms with van der Waals surface area (Å²) in [6, 6.07) is 1.67. The Balaban J connectivity index is 2.47. The van der Waals surface area contributed by atoms with Gasteiger partial charge >= 0.3 is 5.97 Å². The number of esters is 1. The number of aromatic nitrogens is 1. The number of carbonyl (C=O) groups is 1. The molecule has 1 aliphatic heterocycles. The second-order valence-corrected chi connectivity index (χ2v) is 3.27. The molecule has 0 amide bonds. The standard InChI is InChI=1S/C9H8ClNO3/c1-13-9(12)6-2-5-3-14-4-7(5)11-8(6)10/h2H,3-4H2,1H3. The van der Waals surface area contributed by atoms with Gasteiger partial charge in [-0.15, -0.1) is 0 Å². The highest BCUT2D eigenvalue weighted by Gasteiger charge is 2.19. The molecule has 0 radical (unpaired) electrons. The highest BCUT2D eigenvalue weighted by Crippen LogP contribution is 2.24. The zero-order chi connectivity index (χ0) is 10.1. The van der Waals surface area contributed by atoms with Crippen LogP contribution >= 0.6 is 11.6 Å². The SMILES string of the molecule is COC(=O)c1cc2c(nc1Cl)COC2. The van der Waals surface area contributed by atoms with Crippen LogP contribution in [-0.4, -0.2) is 18.1 Å². The zero-order valence-electron chi connectivity index (χ0n) is 7.54. The first-order valence-corrected chi connectivity index (χ1v) is 4.44. The molecule has 1 aromatic heterocycles. The summed E-state index contributed by atoms with van der Waals surface area (Å²) < 4.78 is 9.74. The highest BCUT2D eigenvalue weighted by atomic mass is 35.5. The zero-order valence-corrected chi connectivity index (χ0v) is 8.30. The van der Waals surface area contributed by atoms with Crippen LogP contribution in [0.3, 0.4) is 0 Å². The van der Waals surface area contributed by atoms with Gasteiger partial charge in [0.25, 0.3) is 0 Å². The summed E-state index contributed by atoms with van der Waals surface area (Å²) in [5, 5.41) is 0.168. The molecule has 0 atom stereocenters. The molecule has 4 nitrogen and oxygen atoms in total. The van der Waals surface area contributed by atoms with Gasteiger partial charge in [0.1, 0.15) is 5.15 Å². The van der Waals surface area contributed by atoms with Crippen LogP contribution in [0.25, 0.3) is 0 Å². The molecule has 0 saturated heterocycles. The van der Waals surface area contributed by atoms with Crippen molar-refractivity contribution in [1.82, 2.24) is 4.98 Å². The van der Waals surface area contributed by atoms with Gasteiger partial charge in [0.05, 0.1) is 31.6 Å². The third-order valence-electron chi connectivity index (χ3n) is 2.05. The maximum Gasteiger partial charge on any atom is 0.341 e. The van der Waals surface area contributed by atoms with E-state index in [-0.39, 0.29) is 5.15 Å². The van der Waals surface area contributed by atoms with Gasteiger partial charge in [-0.3, -0.25) is 0 Å². The van der Waals surface area contributed by atoms with Crippen molar-refractivity contribution in [2.24, 2.45) is 0 Å². The number of halogens is 1. The molecule has 1 aromatic rings. The summed E-state index contributed by atoms with van der Waals surface area (Å²) in [6.45, 7) is 0.931. The Morgan fingerprint density at radius 2 is 2.43 bits per heavy atom. The van der Waals surface area contributed by atoms with Gasteiger partial charge in [0.2, 0.25) is 0 Å². The average Bonchev–Trinajstić information content (AvgIpc) is 2.62. The van der Waals surface area contributed by atoms with Crippen molar-refractivity contribution in [3.63, 3.8) is 0 Å². The molecule has 0 fully saturated rings. The van der Waals surface area contributed by atoms with E-state index in [0.717, 1.165) is 11.3 Å². The molecule has 1 aliphatic rings. The van der Waals surface area contributed by atoms with Gasteiger partial charge in [0, 0.05) is 5.56 Å². The molecule has 0 spiro atoms. The van der Waals surface area contributed by atoms with E-state index in [9.17, 15) is 4.79 Å². The normalized spacial score (nSPS) is 13.9. The van der Waals surface area contributed by atoms with Gasteiger partial charge in [-0.2, -0.15) is 0 Å². The number of hydrogen-bond donors (Lipinski definition) is 0. The van der Waals surface area contributed by atoms with Crippen LogP contribution in [0.5, 0.6) is 0 Å². The van der Waals surface area contributed by atoms with Gasteiger partial charge < -0.3 is 9.47 Å². The Kier molecular flexibility index (Phi) is 2.39. The van der Waals surface area contributed by atoms with E-state index in [1.54, 1.807) is 6.07 Å². The van der Waals surface area contributed by atoms with Crippen LogP contribution in [-0.2, 0) is 22.7 Å². The summed E-state index contributed by atoms with van der Waals surface area (Å²) >= 11 is 5.81. The fourth-order valence-corrected chi connectivity index (χ4v) is 1.56. The predicted molar refractivity (Wildman–Crippen MR) is 49.1 cm³/mol. The second kappa shape index (κ2) is 3.55. The fourth-order valence-electron chi connectivity index (χ4n) is 1.33. The summed E-state index contributed by atoms with van der Waals surface area (Å²) in [5.74, 6) is -0.475. The van der Waals surface area contributed by atoms with Crippen molar-refractivity contribution in [3.8, 4) is 0 Å². The van der Waals surface area contributed by atoms with E-state index in [1.165, 1.54) is 7.11 Å². The van der Waals surface area contributed by atoms with Crippen LogP contribution in [0, 0.1) is 0 Å². The largest absolute Gasteiger partial charge is 0.465 e. The summed E-state index contributed by atoms with van der Waals surface area (Å²) in [6.07, 6.45) is 0. The lowest BCUT2D eigenvalue weighted by atomic mass is 10.1. The first-order chi connectivity index (χ1) is 6.72. The molecule has 0 bridgehead atoms. The van der Waals surface area contributed by atoms with Crippen molar-refractivity contribution in [2.75, 3.05) is 7.11 Å². The molecule has 0 aliphatic carbocycles. The Hall–Kier alpha value is -1.13. The molecular weight excluding hydrogens is 206 g/mol. The van der Waals surface area contributed by atoms with E-state index in [0.29, 0.717) is 18.8 Å². The third-order valence-corrected chi connectivity index (χ3v) is 2.33. The van der Waals surface area contributed by atoms with Crippen LogP contribution in [0.15, 0.2) is 6.07 Å². The first kappa shape index (κ1) is 9.43. The average molecular weight is 214 g/mol. The number of ether oxygens (including phenoxy) is 2. The van der Waals surface area contributed by atoms with Crippen molar-refractivity contribution >= 4 is 17.6 Å². The Labute approximate surface area is 85.8 Å². The van der Waals surface area contributed by atoms with Crippen LogP contribution in [0.2, 0.25) is 5.15 Å². The van der Waals surface area contributed by atoms with Crippen molar-refractivity contribution < 1.29 is 14.3 Å². The van der Waals surface area contributed by atoms with Gasteiger partial charge in [-0.1, -0.05) is 11.6 Å². The Morgan fingerprint density at radius 1 is 1.64 bits per heavy atom. The molecule has 74 valence electrons. The lowest BCUT2D eigenvalue weighted by Crippen LogP contribution is -2.05. The minimum absolute atomic E-state index is 0.168. The van der Waals surface area contributed by atoms with Gasteiger partial charge in [-0.25, -0.2) is 9.78 Å². The smallest absolute Gasteiger partial charge is 0.341 e. The monoisotopic (exact) mass is 213 g/mol. The summed E-state index contributed by atoms with van der Waals surface area (Å²) in [5.41, 5.74) is 1.98. The number of carbonyl (C=O) groups excluding carboxylic acids is 1. The number of rotatable bonds is 1.